The molecule has 10 heteroatoms. The van der Waals surface area contributed by atoms with Crippen molar-refractivity contribution < 1.29 is 19.0 Å². The van der Waals surface area contributed by atoms with Gasteiger partial charge in [0.15, 0.2) is 11.5 Å². The van der Waals surface area contributed by atoms with E-state index < -0.39 is 0 Å². The van der Waals surface area contributed by atoms with Crippen LogP contribution in [0.5, 0.6) is 17.2 Å². The van der Waals surface area contributed by atoms with Gasteiger partial charge in [-0.2, -0.15) is 4.68 Å². The van der Waals surface area contributed by atoms with Crippen molar-refractivity contribution in [3.8, 4) is 22.9 Å². The molecule has 0 saturated carbocycles. The quantitative estimate of drug-likeness (QED) is 0.575. The number of benzene rings is 2. The first-order valence-corrected chi connectivity index (χ1v) is 9.20. The van der Waals surface area contributed by atoms with E-state index in [-0.39, 0.29) is 11.7 Å². The average Bonchev–Trinajstić information content (AvgIpc) is 3.21. The van der Waals surface area contributed by atoms with Crippen molar-refractivity contribution in [1.82, 2.24) is 20.2 Å². The molecule has 0 aliphatic heterocycles. The summed E-state index contributed by atoms with van der Waals surface area (Å²) >= 11 is 1.23. The number of rotatable bonds is 8. The van der Waals surface area contributed by atoms with Gasteiger partial charge in [-0.25, -0.2) is 0 Å². The number of tetrazole rings is 1. The first-order valence-electron chi connectivity index (χ1n) is 8.22. The number of aromatic nitrogens is 4. The van der Waals surface area contributed by atoms with Gasteiger partial charge in [0.25, 0.3) is 0 Å². The Kier molecular flexibility index (Phi) is 6.33. The van der Waals surface area contributed by atoms with E-state index in [0.717, 1.165) is 11.4 Å². The highest BCUT2D eigenvalue weighted by Gasteiger charge is 2.13. The predicted octanol–water partition coefficient (Wildman–Crippen LogP) is 2.42. The van der Waals surface area contributed by atoms with E-state index in [1.54, 1.807) is 37.1 Å². The van der Waals surface area contributed by atoms with Crippen LogP contribution < -0.4 is 19.5 Å². The Morgan fingerprint density at radius 2 is 1.79 bits per heavy atom. The van der Waals surface area contributed by atoms with Gasteiger partial charge < -0.3 is 19.5 Å². The van der Waals surface area contributed by atoms with Crippen LogP contribution in [0, 0.1) is 0 Å². The standard InChI is InChI=1S/C18H19N5O4S/c1-25-14-7-5-13(6-8-14)23-18(20-21-22-23)28-11-17(24)19-12-4-9-15(26-2)16(10-12)27-3/h4-10H,11H2,1-3H3,(H,19,24). The first-order chi connectivity index (χ1) is 13.6. The van der Waals surface area contributed by atoms with Gasteiger partial charge in [-0.3, -0.25) is 4.79 Å². The summed E-state index contributed by atoms with van der Waals surface area (Å²) in [6, 6.07) is 12.5. The van der Waals surface area contributed by atoms with E-state index in [2.05, 4.69) is 20.8 Å². The molecule has 0 aliphatic carbocycles. The van der Waals surface area contributed by atoms with Gasteiger partial charge in [0.05, 0.1) is 32.8 Å². The number of thioether (sulfide) groups is 1. The number of hydrogen-bond donors (Lipinski definition) is 1. The second kappa shape index (κ2) is 9.09. The lowest BCUT2D eigenvalue weighted by Gasteiger charge is -2.10. The molecule has 2 aromatic carbocycles. The highest BCUT2D eigenvalue weighted by Crippen LogP contribution is 2.30. The Hall–Kier alpha value is -3.27. The van der Waals surface area contributed by atoms with Gasteiger partial charge >= 0.3 is 0 Å². The number of nitrogens with one attached hydrogen (secondary N) is 1. The van der Waals surface area contributed by atoms with Crippen LogP contribution in [0.25, 0.3) is 5.69 Å². The number of hydrogen-bond acceptors (Lipinski definition) is 8. The highest BCUT2D eigenvalue weighted by atomic mass is 32.2. The first kappa shape index (κ1) is 19.5. The zero-order chi connectivity index (χ0) is 19.9. The van der Waals surface area contributed by atoms with E-state index in [0.29, 0.717) is 22.3 Å². The molecule has 0 aliphatic rings. The molecule has 3 rings (SSSR count). The van der Waals surface area contributed by atoms with Crippen molar-refractivity contribution in [2.75, 3.05) is 32.4 Å². The molecule has 3 aromatic rings. The fraction of sp³-hybridized carbons (Fsp3) is 0.222. The van der Waals surface area contributed by atoms with E-state index in [1.165, 1.54) is 18.9 Å². The molecule has 1 heterocycles. The second-order valence-corrected chi connectivity index (χ2v) is 6.42. The van der Waals surface area contributed by atoms with E-state index in [9.17, 15) is 4.79 Å². The fourth-order valence-electron chi connectivity index (χ4n) is 2.40. The minimum absolute atomic E-state index is 0.144. The molecule has 0 spiro atoms. The van der Waals surface area contributed by atoms with Gasteiger partial charge in [-0.1, -0.05) is 11.8 Å². The Morgan fingerprint density at radius 1 is 1.04 bits per heavy atom. The third-order valence-electron chi connectivity index (χ3n) is 3.76. The number of ether oxygens (including phenoxy) is 3. The number of anilines is 1. The summed E-state index contributed by atoms with van der Waals surface area (Å²) in [7, 11) is 4.70. The molecule has 0 fully saturated rings. The number of amides is 1. The normalized spacial score (nSPS) is 10.4. The molecule has 0 saturated heterocycles. The maximum absolute atomic E-state index is 12.3. The van der Waals surface area contributed by atoms with Gasteiger partial charge in [-0.05, 0) is 46.8 Å². The van der Waals surface area contributed by atoms with Crippen LogP contribution in [-0.2, 0) is 4.79 Å². The van der Waals surface area contributed by atoms with Gasteiger partial charge in [0.1, 0.15) is 5.75 Å². The maximum Gasteiger partial charge on any atom is 0.234 e. The minimum atomic E-state index is -0.193. The molecule has 0 bridgehead atoms. The number of carbonyl (C=O) groups is 1. The lowest BCUT2D eigenvalue weighted by atomic mass is 10.2. The van der Waals surface area contributed by atoms with Crippen LogP contribution in [-0.4, -0.2) is 53.2 Å². The summed E-state index contributed by atoms with van der Waals surface area (Å²) < 4.78 is 17.1. The Morgan fingerprint density at radius 3 is 2.46 bits per heavy atom. The number of nitrogens with zero attached hydrogens (tertiary/aromatic N) is 4. The Labute approximate surface area is 166 Å². The van der Waals surface area contributed by atoms with Crippen LogP contribution in [0.1, 0.15) is 0 Å². The highest BCUT2D eigenvalue weighted by molar-refractivity contribution is 7.99. The van der Waals surface area contributed by atoms with Crippen molar-refractivity contribution >= 4 is 23.4 Å². The summed E-state index contributed by atoms with van der Waals surface area (Å²) in [6.07, 6.45) is 0. The molecule has 28 heavy (non-hydrogen) atoms. The molecule has 0 radical (unpaired) electrons. The Bertz CT molecular complexity index is 945. The molecule has 1 aromatic heterocycles. The molecule has 1 amide bonds. The average molecular weight is 401 g/mol. The number of carbonyl (C=O) groups excluding carboxylic acids is 1. The van der Waals surface area contributed by atoms with Crippen molar-refractivity contribution in [3.05, 3.63) is 42.5 Å². The molecule has 146 valence electrons. The molecule has 0 atom stereocenters. The molecular weight excluding hydrogens is 382 g/mol. The SMILES string of the molecule is COc1ccc(-n2nnnc2SCC(=O)Nc2ccc(OC)c(OC)c2)cc1. The third kappa shape index (κ3) is 4.52. The summed E-state index contributed by atoms with van der Waals surface area (Å²) in [5, 5.41) is 15.0. The lowest BCUT2D eigenvalue weighted by molar-refractivity contribution is -0.113. The van der Waals surface area contributed by atoms with E-state index in [4.69, 9.17) is 14.2 Å². The van der Waals surface area contributed by atoms with Crippen molar-refractivity contribution in [3.63, 3.8) is 0 Å². The van der Waals surface area contributed by atoms with E-state index >= 15 is 0 Å². The zero-order valence-corrected chi connectivity index (χ0v) is 16.4. The topological polar surface area (TPSA) is 100 Å². The maximum atomic E-state index is 12.3. The number of methoxy groups -OCH3 is 3. The van der Waals surface area contributed by atoms with Gasteiger partial charge in [-0.15, -0.1) is 5.10 Å². The van der Waals surface area contributed by atoms with Crippen LogP contribution in [0.15, 0.2) is 47.6 Å². The van der Waals surface area contributed by atoms with Crippen molar-refractivity contribution in [2.45, 2.75) is 5.16 Å². The molecule has 1 N–H and O–H groups in total. The van der Waals surface area contributed by atoms with Crippen LogP contribution >= 0.6 is 11.8 Å². The van der Waals surface area contributed by atoms with Gasteiger partial charge in [0, 0.05) is 11.8 Å². The minimum Gasteiger partial charge on any atom is -0.497 e. The molecule has 9 nitrogen and oxygen atoms in total. The molecular formula is C18H19N5O4S. The Balaban J connectivity index is 1.63. The predicted molar refractivity (Wildman–Crippen MR) is 105 cm³/mol. The van der Waals surface area contributed by atoms with Crippen molar-refractivity contribution in [1.29, 1.82) is 0 Å². The van der Waals surface area contributed by atoms with Crippen LogP contribution in [0.3, 0.4) is 0 Å². The zero-order valence-electron chi connectivity index (χ0n) is 15.6. The summed E-state index contributed by atoms with van der Waals surface area (Å²) in [5.74, 6) is 1.82. The van der Waals surface area contributed by atoms with Crippen LogP contribution in [0.2, 0.25) is 0 Å². The smallest absolute Gasteiger partial charge is 0.234 e. The van der Waals surface area contributed by atoms with Crippen molar-refractivity contribution in [2.24, 2.45) is 0 Å². The van der Waals surface area contributed by atoms with Gasteiger partial charge in [0.2, 0.25) is 11.1 Å². The summed E-state index contributed by atoms with van der Waals surface area (Å²) in [6.45, 7) is 0. The summed E-state index contributed by atoms with van der Waals surface area (Å²) in [5.41, 5.74) is 1.38. The van der Waals surface area contributed by atoms with E-state index in [1.807, 2.05) is 24.3 Å². The molecule has 0 unspecified atom stereocenters. The third-order valence-corrected chi connectivity index (χ3v) is 4.68. The largest absolute Gasteiger partial charge is 0.497 e. The van der Waals surface area contributed by atoms with Crippen LogP contribution in [0.4, 0.5) is 5.69 Å². The second-order valence-electron chi connectivity index (χ2n) is 5.48. The fourth-order valence-corrected chi connectivity index (χ4v) is 3.09. The summed E-state index contributed by atoms with van der Waals surface area (Å²) in [4.78, 5) is 12.3. The lowest BCUT2D eigenvalue weighted by Crippen LogP contribution is -2.14. The monoisotopic (exact) mass is 401 g/mol.